The molecule has 0 spiro atoms. The van der Waals surface area contributed by atoms with E-state index in [1.807, 2.05) is 4.90 Å². The SMILES string of the molecule is CCCCN(C(=O)c1cc(Br)ccc1F)C1CC(C)(C)NC(C)(C)C1. The fourth-order valence-electron chi connectivity index (χ4n) is 4.08. The van der Waals surface area contributed by atoms with Crippen LogP contribution in [0.5, 0.6) is 0 Å². The van der Waals surface area contributed by atoms with Crippen molar-refractivity contribution in [3.05, 3.63) is 34.1 Å². The summed E-state index contributed by atoms with van der Waals surface area (Å²) >= 11 is 3.35. The van der Waals surface area contributed by atoms with Crippen LogP contribution in [-0.2, 0) is 0 Å². The zero-order valence-corrected chi connectivity index (χ0v) is 17.5. The largest absolute Gasteiger partial charge is 0.335 e. The molecule has 1 aliphatic rings. The van der Waals surface area contributed by atoms with Gasteiger partial charge in [-0.05, 0) is 65.2 Å². The Hall–Kier alpha value is -0.940. The molecule has 0 aliphatic carbocycles. The number of unbranched alkanes of at least 4 members (excludes halogenated alkanes) is 1. The van der Waals surface area contributed by atoms with Crippen LogP contribution in [0.1, 0.15) is 70.7 Å². The summed E-state index contributed by atoms with van der Waals surface area (Å²) in [6.07, 6.45) is 3.65. The number of piperidine rings is 1. The molecule has 1 heterocycles. The van der Waals surface area contributed by atoms with E-state index in [1.165, 1.54) is 6.07 Å². The number of rotatable bonds is 5. The molecule has 1 amide bonds. The highest BCUT2D eigenvalue weighted by molar-refractivity contribution is 9.10. The molecule has 1 aromatic rings. The number of hydrogen-bond donors (Lipinski definition) is 1. The molecule has 3 nitrogen and oxygen atoms in total. The van der Waals surface area contributed by atoms with E-state index in [0.717, 1.165) is 30.2 Å². The molecular formula is C20H30BrFN2O. The van der Waals surface area contributed by atoms with Gasteiger partial charge in [0.15, 0.2) is 0 Å². The fraction of sp³-hybridized carbons (Fsp3) is 0.650. The zero-order chi connectivity index (χ0) is 18.8. The maximum absolute atomic E-state index is 14.3. The van der Waals surface area contributed by atoms with E-state index in [0.29, 0.717) is 6.54 Å². The van der Waals surface area contributed by atoms with Gasteiger partial charge < -0.3 is 10.2 Å². The van der Waals surface area contributed by atoms with Gasteiger partial charge in [0.2, 0.25) is 0 Å². The van der Waals surface area contributed by atoms with Crippen LogP contribution in [0.25, 0.3) is 0 Å². The zero-order valence-electron chi connectivity index (χ0n) is 16.0. The summed E-state index contributed by atoms with van der Waals surface area (Å²) in [6, 6.07) is 4.67. The standard InChI is InChI=1S/C20H30BrFN2O/c1-6-7-10-24(15-12-19(2,3)23-20(4,5)13-15)18(25)16-11-14(21)8-9-17(16)22/h8-9,11,15,23H,6-7,10,12-13H2,1-5H3. The number of halogens is 2. The second-order valence-corrected chi connectivity index (χ2v) is 9.35. The molecule has 0 saturated carbocycles. The highest BCUT2D eigenvalue weighted by atomic mass is 79.9. The first kappa shape index (κ1) is 20.4. The van der Waals surface area contributed by atoms with E-state index in [9.17, 15) is 9.18 Å². The molecule has 0 aromatic heterocycles. The van der Waals surface area contributed by atoms with Crippen LogP contribution in [0.4, 0.5) is 4.39 Å². The van der Waals surface area contributed by atoms with Crippen molar-refractivity contribution >= 4 is 21.8 Å². The Labute approximate surface area is 159 Å². The maximum Gasteiger partial charge on any atom is 0.257 e. The Kier molecular flexibility index (Phi) is 6.31. The van der Waals surface area contributed by atoms with Crippen molar-refractivity contribution in [3.63, 3.8) is 0 Å². The van der Waals surface area contributed by atoms with Gasteiger partial charge in [0.1, 0.15) is 5.82 Å². The van der Waals surface area contributed by atoms with Crippen molar-refractivity contribution in [2.75, 3.05) is 6.54 Å². The second kappa shape index (κ2) is 7.75. The van der Waals surface area contributed by atoms with Gasteiger partial charge in [-0.1, -0.05) is 29.3 Å². The third kappa shape index (κ3) is 5.27. The molecule has 0 atom stereocenters. The van der Waals surface area contributed by atoms with Crippen LogP contribution in [0, 0.1) is 5.82 Å². The average molecular weight is 413 g/mol. The van der Waals surface area contributed by atoms with Crippen molar-refractivity contribution in [2.45, 2.75) is 77.4 Å². The molecule has 1 saturated heterocycles. The minimum absolute atomic E-state index is 0.0625. The summed E-state index contributed by atoms with van der Waals surface area (Å²) in [7, 11) is 0. The molecule has 0 radical (unpaired) electrons. The Morgan fingerprint density at radius 2 is 1.88 bits per heavy atom. The van der Waals surface area contributed by atoms with E-state index in [1.54, 1.807) is 12.1 Å². The van der Waals surface area contributed by atoms with Gasteiger partial charge in [-0.3, -0.25) is 4.79 Å². The highest BCUT2D eigenvalue weighted by Gasteiger charge is 2.41. The van der Waals surface area contributed by atoms with Crippen molar-refractivity contribution in [1.82, 2.24) is 10.2 Å². The van der Waals surface area contributed by atoms with E-state index in [4.69, 9.17) is 0 Å². The van der Waals surface area contributed by atoms with Crippen LogP contribution >= 0.6 is 15.9 Å². The number of hydrogen-bond acceptors (Lipinski definition) is 2. The lowest BCUT2D eigenvalue weighted by Gasteiger charge is -2.49. The molecular weight excluding hydrogens is 383 g/mol. The summed E-state index contributed by atoms with van der Waals surface area (Å²) in [6.45, 7) is 11.5. The Bertz CT molecular complexity index is 614. The maximum atomic E-state index is 14.3. The predicted molar refractivity (Wildman–Crippen MR) is 104 cm³/mol. The molecule has 1 N–H and O–H groups in total. The molecule has 1 aliphatic heterocycles. The number of nitrogens with one attached hydrogen (secondary N) is 1. The number of nitrogens with zero attached hydrogens (tertiary/aromatic N) is 1. The molecule has 25 heavy (non-hydrogen) atoms. The monoisotopic (exact) mass is 412 g/mol. The van der Waals surface area contributed by atoms with Gasteiger partial charge in [-0.25, -0.2) is 4.39 Å². The van der Waals surface area contributed by atoms with Crippen molar-refractivity contribution in [2.24, 2.45) is 0 Å². The number of benzene rings is 1. The van der Waals surface area contributed by atoms with Gasteiger partial charge in [-0.2, -0.15) is 0 Å². The predicted octanol–water partition coefficient (Wildman–Crippen LogP) is 5.14. The Morgan fingerprint density at radius 3 is 2.44 bits per heavy atom. The molecule has 1 fully saturated rings. The molecule has 5 heteroatoms. The van der Waals surface area contributed by atoms with Gasteiger partial charge in [0, 0.05) is 28.1 Å². The van der Waals surface area contributed by atoms with Gasteiger partial charge in [-0.15, -0.1) is 0 Å². The lowest BCUT2D eigenvalue weighted by atomic mass is 9.78. The lowest BCUT2D eigenvalue weighted by Crippen LogP contribution is -2.63. The first-order chi connectivity index (χ1) is 11.5. The van der Waals surface area contributed by atoms with Crippen LogP contribution in [0.15, 0.2) is 22.7 Å². The first-order valence-corrected chi connectivity index (χ1v) is 9.89. The third-order valence-electron chi connectivity index (χ3n) is 4.78. The summed E-state index contributed by atoms with van der Waals surface area (Å²) < 4.78 is 15.0. The summed E-state index contributed by atoms with van der Waals surface area (Å²) in [5, 5.41) is 3.65. The molecule has 0 bridgehead atoms. The summed E-state index contributed by atoms with van der Waals surface area (Å²) in [5.41, 5.74) is 0.0274. The topological polar surface area (TPSA) is 32.3 Å². The average Bonchev–Trinajstić information content (AvgIpc) is 2.46. The quantitative estimate of drug-likeness (QED) is 0.725. The molecule has 1 aromatic carbocycles. The van der Waals surface area contributed by atoms with Crippen molar-refractivity contribution in [1.29, 1.82) is 0 Å². The van der Waals surface area contributed by atoms with E-state index in [-0.39, 0.29) is 28.6 Å². The van der Waals surface area contributed by atoms with Crippen LogP contribution in [-0.4, -0.2) is 34.5 Å². The highest BCUT2D eigenvalue weighted by Crippen LogP contribution is 2.33. The van der Waals surface area contributed by atoms with Gasteiger partial charge >= 0.3 is 0 Å². The first-order valence-electron chi connectivity index (χ1n) is 9.10. The smallest absolute Gasteiger partial charge is 0.257 e. The minimum atomic E-state index is -0.456. The van der Waals surface area contributed by atoms with Gasteiger partial charge in [0.05, 0.1) is 5.56 Å². The normalized spacial score (nSPS) is 19.6. The van der Waals surface area contributed by atoms with E-state index < -0.39 is 5.82 Å². The lowest BCUT2D eigenvalue weighted by molar-refractivity contribution is 0.0438. The molecule has 0 unspecified atom stereocenters. The summed E-state index contributed by atoms with van der Waals surface area (Å²) in [4.78, 5) is 15.1. The second-order valence-electron chi connectivity index (χ2n) is 8.43. The number of amides is 1. The van der Waals surface area contributed by atoms with Crippen LogP contribution < -0.4 is 5.32 Å². The van der Waals surface area contributed by atoms with Crippen LogP contribution in [0.3, 0.4) is 0 Å². The van der Waals surface area contributed by atoms with E-state index in [2.05, 4.69) is 55.9 Å². The molecule has 2 rings (SSSR count). The fourth-order valence-corrected chi connectivity index (χ4v) is 4.44. The van der Waals surface area contributed by atoms with Crippen LogP contribution in [0.2, 0.25) is 0 Å². The third-order valence-corrected chi connectivity index (χ3v) is 5.27. The minimum Gasteiger partial charge on any atom is -0.335 e. The Morgan fingerprint density at radius 1 is 1.28 bits per heavy atom. The van der Waals surface area contributed by atoms with Gasteiger partial charge in [0.25, 0.3) is 5.91 Å². The van der Waals surface area contributed by atoms with E-state index >= 15 is 0 Å². The molecule has 140 valence electrons. The number of carbonyl (C=O) groups is 1. The number of carbonyl (C=O) groups excluding carboxylic acids is 1. The summed E-state index contributed by atoms with van der Waals surface area (Å²) in [5.74, 6) is -0.659. The Balaban J connectivity index is 2.35. The van der Waals surface area contributed by atoms with Crippen molar-refractivity contribution in [3.8, 4) is 0 Å². The van der Waals surface area contributed by atoms with Crippen molar-refractivity contribution < 1.29 is 9.18 Å².